The molecule has 1 heterocycles. The van der Waals surface area contributed by atoms with Crippen molar-refractivity contribution in [2.75, 3.05) is 6.61 Å². The maximum Gasteiger partial charge on any atom is 0.162 e. The number of fused-ring (bicyclic) bond motifs is 1. The first-order valence-corrected chi connectivity index (χ1v) is 7.28. The summed E-state index contributed by atoms with van der Waals surface area (Å²) in [6, 6.07) is 16.2. The number of halogens is 1. The van der Waals surface area contributed by atoms with Crippen molar-refractivity contribution in [1.82, 2.24) is 0 Å². The Morgan fingerprint density at radius 1 is 1.05 bits per heavy atom. The van der Waals surface area contributed by atoms with Crippen LogP contribution in [0, 0.1) is 0 Å². The molecule has 2 atom stereocenters. The lowest BCUT2D eigenvalue weighted by atomic mass is 10.1. The number of benzene rings is 2. The summed E-state index contributed by atoms with van der Waals surface area (Å²) in [7, 11) is 0. The van der Waals surface area contributed by atoms with E-state index >= 15 is 0 Å². The molecule has 0 aliphatic carbocycles. The van der Waals surface area contributed by atoms with Crippen LogP contribution in [-0.2, 0) is 0 Å². The fraction of sp³-hybridized carbons (Fsp3) is 0.250. The summed E-state index contributed by atoms with van der Waals surface area (Å²) in [5.74, 6) is 1.64. The molecular weight excluding hydrogens is 304 g/mol. The minimum Gasteiger partial charge on any atom is -0.485 e. The average Bonchev–Trinajstić information content (AvgIpc) is 2.47. The van der Waals surface area contributed by atoms with Crippen LogP contribution in [0.3, 0.4) is 0 Å². The van der Waals surface area contributed by atoms with Gasteiger partial charge in [0.1, 0.15) is 6.61 Å². The van der Waals surface area contributed by atoms with E-state index in [9.17, 15) is 0 Å². The second-order valence-electron chi connectivity index (χ2n) is 4.65. The van der Waals surface area contributed by atoms with E-state index in [1.54, 1.807) is 0 Å². The van der Waals surface area contributed by atoms with Crippen LogP contribution in [0.25, 0.3) is 0 Å². The summed E-state index contributed by atoms with van der Waals surface area (Å²) >= 11 is 3.57. The zero-order valence-corrected chi connectivity index (χ0v) is 12.3. The van der Waals surface area contributed by atoms with Crippen molar-refractivity contribution in [1.29, 1.82) is 0 Å². The van der Waals surface area contributed by atoms with Gasteiger partial charge in [0, 0.05) is 4.83 Å². The maximum atomic E-state index is 5.98. The molecule has 0 radical (unpaired) electrons. The molecule has 19 heavy (non-hydrogen) atoms. The molecule has 2 unspecified atom stereocenters. The van der Waals surface area contributed by atoms with Crippen molar-refractivity contribution in [2.45, 2.75) is 17.9 Å². The predicted molar refractivity (Wildman–Crippen MR) is 79.1 cm³/mol. The Morgan fingerprint density at radius 3 is 2.42 bits per heavy atom. The van der Waals surface area contributed by atoms with E-state index < -0.39 is 0 Å². The van der Waals surface area contributed by atoms with Crippen molar-refractivity contribution < 1.29 is 9.47 Å². The van der Waals surface area contributed by atoms with Gasteiger partial charge in [-0.1, -0.05) is 52.3 Å². The van der Waals surface area contributed by atoms with Crippen LogP contribution >= 0.6 is 15.9 Å². The minimum atomic E-state index is -0.0328. The lowest BCUT2D eigenvalue weighted by Crippen LogP contribution is -2.21. The van der Waals surface area contributed by atoms with E-state index in [2.05, 4.69) is 47.1 Å². The van der Waals surface area contributed by atoms with Gasteiger partial charge in [0.2, 0.25) is 0 Å². The van der Waals surface area contributed by atoms with Gasteiger partial charge < -0.3 is 9.47 Å². The SMILES string of the molecule is CC(Br)c1ccc(C2COc3ccccc3O2)cc1. The second kappa shape index (κ2) is 5.25. The predicted octanol–water partition coefficient (Wildman–Crippen LogP) is 4.66. The molecule has 0 aromatic heterocycles. The molecule has 0 saturated carbocycles. The van der Waals surface area contributed by atoms with Crippen LogP contribution in [0.4, 0.5) is 0 Å². The third-order valence-corrected chi connectivity index (χ3v) is 3.80. The highest BCUT2D eigenvalue weighted by molar-refractivity contribution is 9.09. The molecule has 98 valence electrons. The lowest BCUT2D eigenvalue weighted by Gasteiger charge is -2.26. The van der Waals surface area contributed by atoms with Crippen LogP contribution in [0.2, 0.25) is 0 Å². The van der Waals surface area contributed by atoms with E-state index in [0.29, 0.717) is 11.4 Å². The summed E-state index contributed by atoms with van der Waals surface area (Å²) < 4.78 is 11.7. The molecule has 0 N–H and O–H groups in total. The van der Waals surface area contributed by atoms with E-state index in [0.717, 1.165) is 17.1 Å². The van der Waals surface area contributed by atoms with Gasteiger partial charge in [-0.3, -0.25) is 0 Å². The zero-order chi connectivity index (χ0) is 13.2. The monoisotopic (exact) mass is 318 g/mol. The number of hydrogen-bond donors (Lipinski definition) is 0. The first kappa shape index (κ1) is 12.5. The molecule has 0 fully saturated rings. The normalized spacial score (nSPS) is 18.9. The Balaban J connectivity index is 1.81. The van der Waals surface area contributed by atoms with Gasteiger partial charge in [0.15, 0.2) is 17.6 Å². The summed E-state index contributed by atoms with van der Waals surface area (Å²) in [6.45, 7) is 2.67. The van der Waals surface area contributed by atoms with Gasteiger partial charge in [0.25, 0.3) is 0 Å². The highest BCUT2D eigenvalue weighted by Gasteiger charge is 2.22. The van der Waals surface area contributed by atoms with Crippen molar-refractivity contribution in [3.8, 4) is 11.5 Å². The second-order valence-corrected chi connectivity index (χ2v) is 6.02. The van der Waals surface area contributed by atoms with Crippen LogP contribution in [-0.4, -0.2) is 6.61 Å². The van der Waals surface area contributed by atoms with E-state index in [4.69, 9.17) is 9.47 Å². The number of alkyl halides is 1. The van der Waals surface area contributed by atoms with Gasteiger partial charge in [-0.2, -0.15) is 0 Å². The molecule has 0 amide bonds. The van der Waals surface area contributed by atoms with E-state index in [-0.39, 0.29) is 6.10 Å². The third kappa shape index (κ3) is 2.61. The van der Waals surface area contributed by atoms with E-state index in [1.807, 2.05) is 24.3 Å². The molecular formula is C16H15BrO2. The summed E-state index contributed by atoms with van der Waals surface area (Å²) in [5, 5.41) is 0. The van der Waals surface area contributed by atoms with Gasteiger partial charge in [-0.25, -0.2) is 0 Å². The average molecular weight is 319 g/mol. The maximum absolute atomic E-state index is 5.98. The Kier molecular flexibility index (Phi) is 3.47. The summed E-state index contributed by atoms with van der Waals surface area (Å²) in [6.07, 6.45) is -0.0328. The molecule has 0 bridgehead atoms. The number of para-hydroxylation sites is 2. The van der Waals surface area contributed by atoms with Crippen LogP contribution < -0.4 is 9.47 Å². The highest BCUT2D eigenvalue weighted by Crippen LogP contribution is 2.36. The number of ether oxygens (including phenoxy) is 2. The van der Waals surface area contributed by atoms with Crippen LogP contribution in [0.5, 0.6) is 11.5 Å². The Labute approximate surface area is 121 Å². The molecule has 2 nitrogen and oxygen atoms in total. The standard InChI is InChI=1S/C16H15BrO2/c1-11(17)12-6-8-13(9-7-12)16-10-18-14-4-2-3-5-15(14)19-16/h2-9,11,16H,10H2,1H3. The number of hydrogen-bond acceptors (Lipinski definition) is 2. The lowest BCUT2D eigenvalue weighted by molar-refractivity contribution is 0.0913. The quantitative estimate of drug-likeness (QED) is 0.750. The minimum absolute atomic E-state index is 0.0328. The zero-order valence-electron chi connectivity index (χ0n) is 10.7. The molecule has 3 heteroatoms. The number of rotatable bonds is 2. The topological polar surface area (TPSA) is 18.5 Å². The first-order valence-electron chi connectivity index (χ1n) is 6.36. The van der Waals surface area contributed by atoms with Crippen molar-refractivity contribution in [3.63, 3.8) is 0 Å². The van der Waals surface area contributed by atoms with Gasteiger partial charge in [-0.15, -0.1) is 0 Å². The molecule has 3 rings (SSSR count). The Hall–Kier alpha value is -1.48. The first-order chi connectivity index (χ1) is 9.24. The van der Waals surface area contributed by atoms with Crippen molar-refractivity contribution in [2.24, 2.45) is 0 Å². The largest absolute Gasteiger partial charge is 0.485 e. The molecule has 1 aliphatic heterocycles. The molecule has 0 saturated heterocycles. The van der Waals surface area contributed by atoms with Crippen LogP contribution in [0.15, 0.2) is 48.5 Å². The molecule has 2 aromatic carbocycles. The van der Waals surface area contributed by atoms with Gasteiger partial charge in [0.05, 0.1) is 0 Å². The van der Waals surface area contributed by atoms with Crippen molar-refractivity contribution in [3.05, 3.63) is 59.7 Å². The summed E-state index contributed by atoms with van der Waals surface area (Å²) in [5.41, 5.74) is 2.41. The van der Waals surface area contributed by atoms with E-state index in [1.165, 1.54) is 5.56 Å². The molecule has 1 aliphatic rings. The fourth-order valence-electron chi connectivity index (χ4n) is 2.16. The Morgan fingerprint density at radius 2 is 1.74 bits per heavy atom. The van der Waals surface area contributed by atoms with Gasteiger partial charge >= 0.3 is 0 Å². The molecule has 2 aromatic rings. The Bertz CT molecular complexity index is 563. The van der Waals surface area contributed by atoms with Gasteiger partial charge in [-0.05, 0) is 30.2 Å². The summed E-state index contributed by atoms with van der Waals surface area (Å²) in [4.78, 5) is 0.366. The molecule has 0 spiro atoms. The van der Waals surface area contributed by atoms with Crippen molar-refractivity contribution >= 4 is 15.9 Å². The highest BCUT2D eigenvalue weighted by atomic mass is 79.9. The smallest absolute Gasteiger partial charge is 0.162 e. The third-order valence-electron chi connectivity index (χ3n) is 3.28. The van der Waals surface area contributed by atoms with Crippen LogP contribution in [0.1, 0.15) is 29.0 Å². The fourth-order valence-corrected chi connectivity index (χ4v) is 2.46.